The van der Waals surface area contributed by atoms with Gasteiger partial charge in [0.25, 0.3) is 17.5 Å². The van der Waals surface area contributed by atoms with E-state index in [0.29, 0.717) is 15.7 Å². The van der Waals surface area contributed by atoms with E-state index >= 15 is 0 Å². The van der Waals surface area contributed by atoms with E-state index in [0.717, 1.165) is 0 Å². The molecule has 184 valence electrons. The van der Waals surface area contributed by atoms with Gasteiger partial charge >= 0.3 is 5.97 Å². The van der Waals surface area contributed by atoms with Crippen LogP contribution in [0.1, 0.15) is 26.3 Å². The summed E-state index contributed by atoms with van der Waals surface area (Å²) < 4.78 is 10.5. The van der Waals surface area contributed by atoms with Crippen molar-refractivity contribution in [2.24, 2.45) is 0 Å². The van der Waals surface area contributed by atoms with Gasteiger partial charge in [-0.3, -0.25) is 19.7 Å². The molecule has 3 aromatic carbocycles. The zero-order valence-electron chi connectivity index (χ0n) is 19.1. The first-order valence-electron chi connectivity index (χ1n) is 10.3. The molecule has 0 aliphatic heterocycles. The van der Waals surface area contributed by atoms with Gasteiger partial charge in [0, 0.05) is 22.3 Å². The Labute approximate surface area is 214 Å². The molecule has 0 saturated carbocycles. The van der Waals surface area contributed by atoms with Crippen molar-refractivity contribution in [1.29, 1.82) is 0 Å². The van der Waals surface area contributed by atoms with Crippen LogP contribution in [0.2, 0.25) is 0 Å². The summed E-state index contributed by atoms with van der Waals surface area (Å²) in [6.45, 7) is 0. The smallest absolute Gasteiger partial charge is 0.337 e. The molecular formula is C25H20BrN3O7. The van der Waals surface area contributed by atoms with Gasteiger partial charge in [-0.15, -0.1) is 0 Å². The average molecular weight is 554 g/mol. The summed E-state index contributed by atoms with van der Waals surface area (Å²) in [5.74, 6) is -1.59. The summed E-state index contributed by atoms with van der Waals surface area (Å²) in [5.41, 5.74) is 0.746. The van der Waals surface area contributed by atoms with E-state index in [9.17, 15) is 24.5 Å². The number of amides is 2. The second-order valence-corrected chi connectivity index (χ2v) is 8.15. The number of nitro groups is 1. The summed E-state index contributed by atoms with van der Waals surface area (Å²) in [7, 11) is 2.66. The summed E-state index contributed by atoms with van der Waals surface area (Å²) in [6.07, 6.45) is 1.31. The van der Waals surface area contributed by atoms with Crippen LogP contribution < -0.4 is 15.4 Å². The van der Waals surface area contributed by atoms with Crippen LogP contribution in [-0.4, -0.2) is 36.9 Å². The van der Waals surface area contributed by atoms with Crippen LogP contribution in [0, 0.1) is 10.1 Å². The fraction of sp³-hybridized carbons (Fsp3) is 0.0800. The minimum Gasteiger partial charge on any atom is -0.496 e. The SMILES string of the molecule is COC(=O)c1ccc(NC(=O)/C(=C/c2cccc([N+](=O)[O-])c2)NC(=O)c2cc(Br)ccc2OC)cc1. The maximum Gasteiger partial charge on any atom is 0.337 e. The summed E-state index contributed by atoms with van der Waals surface area (Å²) in [6, 6.07) is 16.3. The lowest BCUT2D eigenvalue weighted by atomic mass is 10.1. The van der Waals surface area contributed by atoms with Crippen molar-refractivity contribution in [1.82, 2.24) is 5.32 Å². The van der Waals surface area contributed by atoms with Crippen LogP contribution in [-0.2, 0) is 9.53 Å². The Balaban J connectivity index is 1.95. The molecule has 2 amide bonds. The predicted octanol–water partition coefficient (Wildman–Crippen LogP) is 4.56. The first kappa shape index (κ1) is 26.1. The van der Waals surface area contributed by atoms with Crippen molar-refractivity contribution >= 4 is 51.2 Å². The van der Waals surface area contributed by atoms with Crippen LogP contribution >= 0.6 is 15.9 Å². The molecule has 0 aliphatic carbocycles. The molecule has 36 heavy (non-hydrogen) atoms. The Hall–Kier alpha value is -4.51. The molecule has 2 N–H and O–H groups in total. The molecule has 0 radical (unpaired) electrons. The Morgan fingerprint density at radius 2 is 1.72 bits per heavy atom. The van der Waals surface area contributed by atoms with Gasteiger partial charge in [-0.2, -0.15) is 0 Å². The number of nitrogens with one attached hydrogen (secondary N) is 2. The molecule has 0 saturated heterocycles. The lowest BCUT2D eigenvalue weighted by Crippen LogP contribution is -2.31. The van der Waals surface area contributed by atoms with Crippen molar-refractivity contribution in [3.8, 4) is 5.75 Å². The lowest BCUT2D eigenvalue weighted by molar-refractivity contribution is -0.384. The quantitative estimate of drug-likeness (QED) is 0.180. The van der Waals surface area contributed by atoms with E-state index < -0.39 is 22.7 Å². The number of nitrogens with zero attached hydrogens (tertiary/aromatic N) is 1. The van der Waals surface area contributed by atoms with Crippen LogP contribution in [0.3, 0.4) is 0 Å². The molecule has 0 fully saturated rings. The van der Waals surface area contributed by atoms with Crippen molar-refractivity contribution in [2.45, 2.75) is 0 Å². The molecule has 0 bridgehead atoms. The van der Waals surface area contributed by atoms with Gasteiger partial charge in [0.2, 0.25) is 0 Å². The maximum atomic E-state index is 13.1. The van der Waals surface area contributed by atoms with Gasteiger partial charge in [0.05, 0.1) is 30.3 Å². The Bertz CT molecular complexity index is 1350. The third-order valence-corrected chi connectivity index (χ3v) is 5.35. The fourth-order valence-corrected chi connectivity index (χ4v) is 3.47. The topological polar surface area (TPSA) is 137 Å². The average Bonchev–Trinajstić information content (AvgIpc) is 2.88. The molecule has 0 unspecified atom stereocenters. The van der Waals surface area contributed by atoms with E-state index in [1.165, 1.54) is 68.8 Å². The van der Waals surface area contributed by atoms with Gasteiger partial charge in [-0.05, 0) is 54.1 Å². The number of carbonyl (C=O) groups excluding carboxylic acids is 3. The van der Waals surface area contributed by atoms with E-state index in [1.807, 2.05) is 0 Å². The first-order valence-corrected chi connectivity index (χ1v) is 11.1. The summed E-state index contributed by atoms with van der Waals surface area (Å²) >= 11 is 3.30. The molecule has 0 atom stereocenters. The van der Waals surface area contributed by atoms with E-state index in [1.54, 1.807) is 18.2 Å². The van der Waals surface area contributed by atoms with Crippen LogP contribution in [0.25, 0.3) is 6.08 Å². The highest BCUT2D eigenvalue weighted by Gasteiger charge is 2.19. The predicted molar refractivity (Wildman–Crippen MR) is 136 cm³/mol. The van der Waals surface area contributed by atoms with Crippen molar-refractivity contribution in [3.05, 3.63) is 104 Å². The highest BCUT2D eigenvalue weighted by Crippen LogP contribution is 2.24. The summed E-state index contributed by atoms with van der Waals surface area (Å²) in [4.78, 5) is 48.4. The molecule has 0 aliphatic rings. The van der Waals surface area contributed by atoms with Crippen molar-refractivity contribution in [3.63, 3.8) is 0 Å². The highest BCUT2D eigenvalue weighted by molar-refractivity contribution is 9.10. The molecular weight excluding hydrogens is 534 g/mol. The number of benzene rings is 3. The van der Waals surface area contributed by atoms with Crippen molar-refractivity contribution < 1.29 is 28.8 Å². The number of esters is 1. The number of halogens is 1. The zero-order valence-corrected chi connectivity index (χ0v) is 20.7. The fourth-order valence-electron chi connectivity index (χ4n) is 3.11. The number of rotatable bonds is 8. The monoisotopic (exact) mass is 553 g/mol. The number of ether oxygens (including phenoxy) is 2. The number of hydrogen-bond acceptors (Lipinski definition) is 7. The Kier molecular flexibility index (Phi) is 8.52. The summed E-state index contributed by atoms with van der Waals surface area (Å²) in [5, 5.41) is 16.3. The van der Waals surface area contributed by atoms with E-state index in [-0.39, 0.29) is 28.3 Å². The molecule has 0 heterocycles. The number of methoxy groups -OCH3 is 2. The zero-order chi connectivity index (χ0) is 26.2. The van der Waals surface area contributed by atoms with Gasteiger partial charge < -0.3 is 20.1 Å². The number of hydrogen-bond donors (Lipinski definition) is 2. The second-order valence-electron chi connectivity index (χ2n) is 7.23. The third-order valence-electron chi connectivity index (χ3n) is 4.85. The number of non-ortho nitro benzene ring substituents is 1. The van der Waals surface area contributed by atoms with E-state index in [2.05, 4.69) is 31.3 Å². The number of carbonyl (C=O) groups is 3. The number of nitro benzene ring substituents is 1. The van der Waals surface area contributed by atoms with Crippen LogP contribution in [0.15, 0.2) is 76.9 Å². The van der Waals surface area contributed by atoms with Crippen molar-refractivity contribution in [2.75, 3.05) is 19.5 Å². The van der Waals surface area contributed by atoms with Crippen LogP contribution in [0.4, 0.5) is 11.4 Å². The van der Waals surface area contributed by atoms with Crippen LogP contribution in [0.5, 0.6) is 5.75 Å². The third kappa shape index (κ3) is 6.54. The molecule has 0 aromatic heterocycles. The second kappa shape index (κ2) is 11.8. The molecule has 3 rings (SSSR count). The lowest BCUT2D eigenvalue weighted by Gasteiger charge is -2.13. The minimum atomic E-state index is -0.699. The maximum absolute atomic E-state index is 13.1. The first-order chi connectivity index (χ1) is 17.2. The highest BCUT2D eigenvalue weighted by atomic mass is 79.9. The Morgan fingerprint density at radius 3 is 2.36 bits per heavy atom. The standard InChI is InChI=1S/C25H20BrN3O7/c1-35-22-11-8-17(26)14-20(22)23(30)28-21(13-15-4-3-5-19(12-15)29(33)34)24(31)27-18-9-6-16(7-10-18)25(32)36-2/h3-14H,1-2H3,(H,27,31)(H,28,30)/b21-13-. The molecule has 11 heteroatoms. The van der Waals surface area contributed by atoms with Gasteiger partial charge in [0.15, 0.2) is 0 Å². The molecule has 10 nitrogen and oxygen atoms in total. The van der Waals surface area contributed by atoms with E-state index in [4.69, 9.17) is 4.74 Å². The minimum absolute atomic E-state index is 0.159. The Morgan fingerprint density at radius 1 is 1.00 bits per heavy atom. The molecule has 0 spiro atoms. The van der Waals surface area contributed by atoms with Gasteiger partial charge in [0.1, 0.15) is 11.4 Å². The largest absolute Gasteiger partial charge is 0.496 e. The van der Waals surface area contributed by atoms with Gasteiger partial charge in [-0.1, -0.05) is 28.1 Å². The number of anilines is 1. The normalized spacial score (nSPS) is 10.8. The van der Waals surface area contributed by atoms with Gasteiger partial charge in [-0.25, -0.2) is 4.79 Å². The molecule has 3 aromatic rings.